The van der Waals surface area contributed by atoms with E-state index in [0.717, 1.165) is 13.1 Å². The Hall–Kier alpha value is 1.15. The molecule has 0 unspecified atom stereocenters. The molecule has 1 fully saturated rings. The fourth-order valence-electron chi connectivity index (χ4n) is 1.97. The second-order valence-electron chi connectivity index (χ2n) is 5.67. The predicted octanol–water partition coefficient (Wildman–Crippen LogP) is -0.651. The van der Waals surface area contributed by atoms with Crippen molar-refractivity contribution in [3.05, 3.63) is 12.1 Å². The molecule has 1 aliphatic heterocycles. The minimum Gasteiger partial charge on any atom is -0.445 e. The number of piperazine rings is 1. The van der Waals surface area contributed by atoms with Crippen LogP contribution in [-0.4, -0.2) is 55.0 Å². The molecule has 0 aliphatic carbocycles. The standard InChI is InChI=1S/C11H21BF3N2.K/c1-10(12(13,14)15)9-16-5-7-17(8-6-16)11(2,3)4;/h1,5-9H2,2-4H3;/q-1;+1. The van der Waals surface area contributed by atoms with Gasteiger partial charge in [0.2, 0.25) is 0 Å². The average Bonchev–Trinajstić information content (AvgIpc) is 2.15. The zero-order valence-corrected chi connectivity index (χ0v) is 15.0. The molecule has 0 atom stereocenters. The van der Waals surface area contributed by atoms with E-state index in [9.17, 15) is 12.9 Å². The third kappa shape index (κ3) is 6.07. The van der Waals surface area contributed by atoms with E-state index in [4.69, 9.17) is 0 Å². The summed E-state index contributed by atoms with van der Waals surface area (Å²) >= 11 is 0. The van der Waals surface area contributed by atoms with Crippen LogP contribution in [0.2, 0.25) is 0 Å². The largest absolute Gasteiger partial charge is 1.00 e. The summed E-state index contributed by atoms with van der Waals surface area (Å²) in [7, 11) is 0. The Labute approximate surface area is 150 Å². The molecule has 0 spiro atoms. The second kappa shape index (κ2) is 7.24. The molecule has 0 bridgehead atoms. The van der Waals surface area contributed by atoms with Gasteiger partial charge >= 0.3 is 58.4 Å². The monoisotopic (exact) mass is 288 g/mol. The van der Waals surface area contributed by atoms with E-state index in [-0.39, 0.29) is 63.5 Å². The van der Waals surface area contributed by atoms with Gasteiger partial charge in [0, 0.05) is 31.7 Å². The van der Waals surface area contributed by atoms with Gasteiger partial charge in [-0.05, 0) is 27.3 Å². The molecule has 0 aromatic rings. The molecule has 0 aromatic heterocycles. The number of rotatable bonds is 3. The van der Waals surface area contributed by atoms with Crippen molar-refractivity contribution in [2.24, 2.45) is 0 Å². The first-order chi connectivity index (χ1) is 7.60. The Morgan fingerprint density at radius 1 is 1.11 bits per heavy atom. The molecule has 2 nitrogen and oxygen atoms in total. The number of nitrogens with zero attached hydrogens (tertiary/aromatic N) is 2. The van der Waals surface area contributed by atoms with Crippen LogP contribution in [-0.2, 0) is 0 Å². The fourth-order valence-corrected chi connectivity index (χ4v) is 1.97. The molecule has 0 radical (unpaired) electrons. The zero-order valence-electron chi connectivity index (χ0n) is 11.8. The third-order valence-corrected chi connectivity index (χ3v) is 3.21. The molecule has 0 aromatic carbocycles. The van der Waals surface area contributed by atoms with E-state index < -0.39 is 12.4 Å². The van der Waals surface area contributed by atoms with E-state index in [2.05, 4.69) is 32.3 Å². The van der Waals surface area contributed by atoms with Gasteiger partial charge in [-0.25, -0.2) is 0 Å². The second-order valence-corrected chi connectivity index (χ2v) is 5.67. The van der Waals surface area contributed by atoms with Gasteiger partial charge in [-0.1, -0.05) is 0 Å². The maximum atomic E-state index is 12.4. The van der Waals surface area contributed by atoms with E-state index >= 15 is 0 Å². The van der Waals surface area contributed by atoms with Crippen molar-refractivity contribution in [3.8, 4) is 0 Å². The minimum atomic E-state index is -4.89. The van der Waals surface area contributed by atoms with E-state index in [0.29, 0.717) is 13.1 Å². The Balaban J connectivity index is 0.00000289. The molecule has 0 N–H and O–H groups in total. The van der Waals surface area contributed by atoms with Crippen LogP contribution >= 0.6 is 0 Å². The molecule has 0 saturated carbocycles. The number of halogens is 3. The van der Waals surface area contributed by atoms with Crippen molar-refractivity contribution in [2.45, 2.75) is 26.3 Å². The van der Waals surface area contributed by atoms with Crippen molar-refractivity contribution >= 4 is 6.98 Å². The van der Waals surface area contributed by atoms with Crippen LogP contribution in [0.4, 0.5) is 12.9 Å². The van der Waals surface area contributed by atoms with Gasteiger partial charge in [0.25, 0.3) is 0 Å². The Morgan fingerprint density at radius 2 is 1.56 bits per heavy atom. The van der Waals surface area contributed by atoms with Gasteiger partial charge in [0.1, 0.15) is 0 Å². The van der Waals surface area contributed by atoms with Crippen LogP contribution in [0.3, 0.4) is 0 Å². The molecule has 7 heteroatoms. The van der Waals surface area contributed by atoms with Crippen LogP contribution in [0.1, 0.15) is 20.8 Å². The van der Waals surface area contributed by atoms with Crippen LogP contribution in [0, 0.1) is 0 Å². The number of hydrogen-bond acceptors (Lipinski definition) is 2. The summed E-state index contributed by atoms with van der Waals surface area (Å²) < 4.78 is 37.2. The van der Waals surface area contributed by atoms with Gasteiger partial charge in [0.05, 0.1) is 0 Å². The SMILES string of the molecule is C=C(CN1CCN(C(C)(C)C)CC1)[B-](F)(F)F.[K+]. The van der Waals surface area contributed by atoms with Crippen LogP contribution in [0.5, 0.6) is 0 Å². The summed E-state index contributed by atoms with van der Waals surface area (Å²) in [6, 6.07) is 0. The van der Waals surface area contributed by atoms with Crippen LogP contribution in [0.25, 0.3) is 0 Å². The molecule has 1 heterocycles. The van der Waals surface area contributed by atoms with Crippen molar-refractivity contribution in [1.82, 2.24) is 9.80 Å². The summed E-state index contributed by atoms with van der Waals surface area (Å²) in [4.78, 5) is 4.13. The Kier molecular flexibility index (Phi) is 7.71. The van der Waals surface area contributed by atoms with Gasteiger partial charge in [-0.2, -0.15) is 0 Å². The summed E-state index contributed by atoms with van der Waals surface area (Å²) in [5.74, 6) is 0. The molecule has 100 valence electrons. The Bertz CT molecular complexity index is 281. The molecule has 0 amide bonds. The van der Waals surface area contributed by atoms with Crippen LogP contribution in [0.15, 0.2) is 12.1 Å². The smallest absolute Gasteiger partial charge is 0.445 e. The molecule has 18 heavy (non-hydrogen) atoms. The van der Waals surface area contributed by atoms with Gasteiger partial charge < -0.3 is 12.9 Å². The first kappa shape index (κ1) is 19.2. The predicted molar refractivity (Wildman–Crippen MR) is 66.0 cm³/mol. The first-order valence-electron chi connectivity index (χ1n) is 5.96. The maximum Gasteiger partial charge on any atom is 1.00 e. The fraction of sp³-hybridized carbons (Fsp3) is 0.818. The molecular weight excluding hydrogens is 267 g/mol. The summed E-state index contributed by atoms with van der Waals surface area (Å²) in [6.07, 6.45) is 0. The van der Waals surface area contributed by atoms with E-state index in [1.54, 1.807) is 0 Å². The number of hydrogen-bond donors (Lipinski definition) is 0. The zero-order chi connectivity index (χ0) is 13.3. The summed E-state index contributed by atoms with van der Waals surface area (Å²) in [5, 5.41) is 0. The maximum absolute atomic E-state index is 12.4. The van der Waals surface area contributed by atoms with Crippen molar-refractivity contribution < 1.29 is 64.3 Å². The topological polar surface area (TPSA) is 6.48 Å². The normalized spacial score (nSPS) is 19.4. The molecule has 1 saturated heterocycles. The van der Waals surface area contributed by atoms with Crippen molar-refractivity contribution in [1.29, 1.82) is 0 Å². The molecule has 1 aliphatic rings. The summed E-state index contributed by atoms with van der Waals surface area (Å²) in [6.45, 7) is 7.59. The van der Waals surface area contributed by atoms with Gasteiger partial charge in [-0.3, -0.25) is 9.80 Å². The quantitative estimate of drug-likeness (QED) is 0.637. The van der Waals surface area contributed by atoms with E-state index in [1.165, 1.54) is 0 Å². The van der Waals surface area contributed by atoms with Crippen LogP contribution < -0.4 is 51.4 Å². The molecular formula is C11H21BF3KN2. The minimum absolute atomic E-state index is 0. The van der Waals surface area contributed by atoms with Gasteiger partial charge in [-0.15, -0.1) is 12.1 Å². The summed E-state index contributed by atoms with van der Waals surface area (Å²) in [5.41, 5.74) is -0.494. The third-order valence-electron chi connectivity index (χ3n) is 3.21. The van der Waals surface area contributed by atoms with Crippen molar-refractivity contribution in [3.63, 3.8) is 0 Å². The van der Waals surface area contributed by atoms with Gasteiger partial charge in [0.15, 0.2) is 0 Å². The van der Waals surface area contributed by atoms with E-state index in [1.807, 2.05) is 4.90 Å². The molecule has 1 rings (SSSR count). The van der Waals surface area contributed by atoms with Crippen molar-refractivity contribution in [2.75, 3.05) is 32.7 Å². The first-order valence-corrected chi connectivity index (χ1v) is 5.96. The average molecular weight is 288 g/mol. The Morgan fingerprint density at radius 3 is 1.89 bits per heavy atom.